The smallest absolute Gasteiger partial charge is 0.243 e. The minimum atomic E-state index is -3.64. The first-order chi connectivity index (χ1) is 15.7. The summed E-state index contributed by atoms with van der Waals surface area (Å²) >= 11 is 6.09. The van der Waals surface area contributed by atoms with E-state index >= 15 is 0 Å². The SMILES string of the molecule is COc1ccc(S(=O)(=O)N2CCCCCC2)cc1NC(=O)CN(C)C(C)c1cccc(Cl)c1. The van der Waals surface area contributed by atoms with Gasteiger partial charge in [-0.2, -0.15) is 4.31 Å². The molecule has 33 heavy (non-hydrogen) atoms. The number of nitrogens with zero attached hydrogens (tertiary/aromatic N) is 2. The standard InChI is InChI=1S/C24H32ClN3O4S/c1-18(19-9-8-10-20(25)15-19)27(2)17-24(29)26-22-16-21(11-12-23(22)32-3)33(30,31)28-13-6-4-5-7-14-28/h8-12,15-16,18H,4-7,13-14,17H2,1-3H3,(H,26,29). The predicted octanol–water partition coefficient (Wildman–Crippen LogP) is 4.54. The molecule has 3 rings (SSSR count). The first-order valence-electron chi connectivity index (χ1n) is 11.2. The highest BCUT2D eigenvalue weighted by molar-refractivity contribution is 7.89. The van der Waals surface area contributed by atoms with Gasteiger partial charge >= 0.3 is 0 Å². The number of halogens is 1. The number of anilines is 1. The summed E-state index contributed by atoms with van der Waals surface area (Å²) in [5.41, 5.74) is 1.34. The molecule has 1 unspecified atom stereocenters. The van der Waals surface area contributed by atoms with E-state index in [1.165, 1.54) is 23.5 Å². The Morgan fingerprint density at radius 2 is 1.85 bits per heavy atom. The molecule has 1 heterocycles. The Hall–Kier alpha value is -2.13. The van der Waals surface area contributed by atoms with Crippen molar-refractivity contribution in [2.24, 2.45) is 0 Å². The number of methoxy groups -OCH3 is 1. The first-order valence-corrected chi connectivity index (χ1v) is 13.0. The number of rotatable bonds is 8. The van der Waals surface area contributed by atoms with Gasteiger partial charge < -0.3 is 10.1 Å². The summed E-state index contributed by atoms with van der Waals surface area (Å²) in [7, 11) is -0.304. The van der Waals surface area contributed by atoms with E-state index in [-0.39, 0.29) is 23.4 Å². The lowest BCUT2D eigenvalue weighted by molar-refractivity contribution is -0.117. The van der Waals surface area contributed by atoms with Gasteiger partial charge in [-0.3, -0.25) is 9.69 Å². The molecule has 1 aliphatic rings. The molecule has 9 heteroatoms. The molecule has 2 aromatic carbocycles. The van der Waals surface area contributed by atoms with Crippen LogP contribution in [0.3, 0.4) is 0 Å². The van der Waals surface area contributed by atoms with Crippen molar-refractivity contribution < 1.29 is 17.9 Å². The molecule has 1 aliphatic heterocycles. The molecule has 180 valence electrons. The quantitative estimate of drug-likeness (QED) is 0.583. The Balaban J connectivity index is 1.74. The summed E-state index contributed by atoms with van der Waals surface area (Å²) in [5, 5.41) is 3.47. The Morgan fingerprint density at radius 1 is 1.15 bits per heavy atom. The van der Waals surface area contributed by atoms with Crippen LogP contribution >= 0.6 is 11.6 Å². The molecule has 7 nitrogen and oxygen atoms in total. The second-order valence-electron chi connectivity index (χ2n) is 8.37. The molecule has 0 spiro atoms. The molecular weight excluding hydrogens is 462 g/mol. The van der Waals surface area contributed by atoms with E-state index in [1.807, 2.05) is 43.1 Å². The van der Waals surface area contributed by atoms with Crippen molar-refractivity contribution in [2.45, 2.75) is 43.5 Å². The van der Waals surface area contributed by atoms with Gasteiger partial charge in [0.1, 0.15) is 5.75 Å². The molecule has 1 fully saturated rings. The summed E-state index contributed by atoms with van der Waals surface area (Å²) in [6.07, 6.45) is 3.79. The number of amides is 1. The molecule has 0 saturated carbocycles. The number of sulfonamides is 1. The number of hydrogen-bond acceptors (Lipinski definition) is 5. The third-order valence-corrected chi connectivity index (χ3v) is 8.16. The van der Waals surface area contributed by atoms with Gasteiger partial charge in [0.2, 0.25) is 15.9 Å². The van der Waals surface area contributed by atoms with Crippen molar-refractivity contribution in [3.63, 3.8) is 0 Å². The van der Waals surface area contributed by atoms with Gasteiger partial charge in [-0.05, 0) is 62.7 Å². The van der Waals surface area contributed by atoms with Crippen LogP contribution in [0, 0.1) is 0 Å². The highest BCUT2D eigenvalue weighted by atomic mass is 35.5. The summed E-state index contributed by atoms with van der Waals surface area (Å²) < 4.78 is 33.3. The fourth-order valence-electron chi connectivity index (χ4n) is 3.95. The van der Waals surface area contributed by atoms with Crippen LogP contribution in [-0.2, 0) is 14.8 Å². The van der Waals surface area contributed by atoms with Crippen LogP contribution in [0.15, 0.2) is 47.4 Å². The maximum atomic E-state index is 13.2. The molecule has 0 aliphatic carbocycles. The van der Waals surface area contributed by atoms with Gasteiger partial charge in [-0.1, -0.05) is 36.6 Å². The third-order valence-electron chi connectivity index (χ3n) is 6.03. The zero-order valence-electron chi connectivity index (χ0n) is 19.4. The normalized spacial score (nSPS) is 16.3. The highest BCUT2D eigenvalue weighted by Crippen LogP contribution is 2.30. The van der Waals surface area contributed by atoms with Crippen molar-refractivity contribution in [2.75, 3.05) is 39.1 Å². The van der Waals surface area contributed by atoms with E-state index in [0.717, 1.165) is 31.2 Å². The predicted molar refractivity (Wildman–Crippen MR) is 131 cm³/mol. The van der Waals surface area contributed by atoms with Crippen LogP contribution in [0.2, 0.25) is 5.02 Å². The van der Waals surface area contributed by atoms with E-state index in [4.69, 9.17) is 16.3 Å². The summed E-state index contributed by atoms with van der Waals surface area (Å²) in [5.74, 6) is 0.137. The zero-order valence-corrected chi connectivity index (χ0v) is 21.0. The maximum absolute atomic E-state index is 13.2. The molecule has 0 radical (unpaired) electrons. The minimum Gasteiger partial charge on any atom is -0.495 e. The number of nitrogens with one attached hydrogen (secondary N) is 1. The lowest BCUT2D eigenvalue weighted by Crippen LogP contribution is -2.33. The second kappa shape index (κ2) is 11.3. The van der Waals surface area contributed by atoms with Crippen molar-refractivity contribution in [3.8, 4) is 5.75 Å². The average Bonchev–Trinajstić information content (AvgIpc) is 3.08. The molecular formula is C24H32ClN3O4S. The Bertz CT molecular complexity index is 1070. The third kappa shape index (κ3) is 6.47. The summed E-state index contributed by atoms with van der Waals surface area (Å²) in [4.78, 5) is 14.9. The molecule has 1 saturated heterocycles. The van der Waals surface area contributed by atoms with Crippen molar-refractivity contribution in [1.29, 1.82) is 0 Å². The Labute approximate surface area is 201 Å². The molecule has 1 atom stereocenters. The molecule has 1 amide bonds. The highest BCUT2D eigenvalue weighted by Gasteiger charge is 2.26. The Kier molecular flexibility index (Phi) is 8.75. The van der Waals surface area contributed by atoms with Crippen molar-refractivity contribution in [3.05, 3.63) is 53.1 Å². The van der Waals surface area contributed by atoms with Gasteiger partial charge in [0.05, 0.1) is 24.2 Å². The number of hydrogen-bond donors (Lipinski definition) is 1. The van der Waals surface area contributed by atoms with Crippen LogP contribution in [0.1, 0.15) is 44.2 Å². The number of likely N-dealkylation sites (N-methyl/N-ethyl adjacent to an activating group) is 1. The van der Waals surface area contributed by atoms with Crippen LogP contribution < -0.4 is 10.1 Å². The first kappa shape index (κ1) is 25.5. The van der Waals surface area contributed by atoms with Crippen LogP contribution in [0.4, 0.5) is 5.69 Å². The molecule has 0 aromatic heterocycles. The Morgan fingerprint density at radius 3 is 2.48 bits per heavy atom. The molecule has 2 aromatic rings. The van der Waals surface area contributed by atoms with Crippen LogP contribution in [-0.4, -0.2) is 57.3 Å². The minimum absolute atomic E-state index is 0.0360. The second-order valence-corrected chi connectivity index (χ2v) is 10.7. The van der Waals surface area contributed by atoms with E-state index in [1.54, 1.807) is 6.07 Å². The number of benzene rings is 2. The van der Waals surface area contributed by atoms with Crippen molar-refractivity contribution >= 4 is 33.2 Å². The summed E-state index contributed by atoms with van der Waals surface area (Å²) in [6.45, 7) is 3.14. The average molecular weight is 494 g/mol. The number of ether oxygens (including phenoxy) is 1. The maximum Gasteiger partial charge on any atom is 0.243 e. The fourth-order valence-corrected chi connectivity index (χ4v) is 5.69. The van der Waals surface area contributed by atoms with E-state index in [9.17, 15) is 13.2 Å². The molecule has 0 bridgehead atoms. The van der Waals surface area contributed by atoms with Gasteiger partial charge in [-0.25, -0.2) is 8.42 Å². The molecule has 1 N–H and O–H groups in total. The number of carbonyl (C=O) groups is 1. The van der Waals surface area contributed by atoms with E-state index in [2.05, 4.69) is 5.32 Å². The largest absolute Gasteiger partial charge is 0.495 e. The summed E-state index contributed by atoms with van der Waals surface area (Å²) in [6, 6.07) is 12.1. The van der Waals surface area contributed by atoms with Gasteiger partial charge in [0.15, 0.2) is 0 Å². The number of carbonyl (C=O) groups excluding carboxylic acids is 1. The van der Waals surface area contributed by atoms with E-state index < -0.39 is 10.0 Å². The van der Waals surface area contributed by atoms with Crippen LogP contribution in [0.5, 0.6) is 5.75 Å². The topological polar surface area (TPSA) is 79.0 Å². The van der Waals surface area contributed by atoms with Crippen molar-refractivity contribution in [1.82, 2.24) is 9.21 Å². The lowest BCUT2D eigenvalue weighted by Gasteiger charge is -2.25. The van der Waals surface area contributed by atoms with E-state index in [0.29, 0.717) is 29.5 Å². The van der Waals surface area contributed by atoms with Crippen LogP contribution in [0.25, 0.3) is 0 Å². The van der Waals surface area contributed by atoms with Gasteiger partial charge in [0, 0.05) is 24.2 Å². The zero-order chi connectivity index (χ0) is 24.0. The van der Waals surface area contributed by atoms with Gasteiger partial charge in [-0.15, -0.1) is 0 Å². The van der Waals surface area contributed by atoms with Gasteiger partial charge in [0.25, 0.3) is 0 Å². The fraction of sp³-hybridized carbons (Fsp3) is 0.458. The monoisotopic (exact) mass is 493 g/mol. The lowest BCUT2D eigenvalue weighted by atomic mass is 10.1.